The largest absolute Gasteiger partial charge is 0.357 e. The third-order valence-electron chi connectivity index (χ3n) is 5.29. The molecule has 0 bridgehead atoms. The topological polar surface area (TPSA) is 42.9 Å². The van der Waals surface area contributed by atoms with Crippen LogP contribution in [-0.4, -0.2) is 74.7 Å². The number of guanidine groups is 1. The third kappa shape index (κ3) is 7.80. The standard InChI is InChI=1S/C21H39N5S/c1-6-22-21(23-15-18(4)14-19-8-7-13-27-19)24-16-20(17(2)3)26-11-9-25(5)10-12-26/h7-8,13,17-18,20H,6,9-12,14-16H2,1-5H3,(H2,22,23,24). The number of likely N-dealkylation sites (N-methyl/N-ethyl adjacent to an activating group) is 1. The highest BCUT2D eigenvalue weighted by molar-refractivity contribution is 7.09. The van der Waals surface area contributed by atoms with Crippen molar-refractivity contribution in [2.45, 2.75) is 40.2 Å². The summed E-state index contributed by atoms with van der Waals surface area (Å²) >= 11 is 1.84. The summed E-state index contributed by atoms with van der Waals surface area (Å²) in [5.41, 5.74) is 0. The van der Waals surface area contributed by atoms with Gasteiger partial charge in [-0.15, -0.1) is 11.3 Å². The van der Waals surface area contributed by atoms with Gasteiger partial charge in [0.15, 0.2) is 5.96 Å². The molecule has 1 aromatic rings. The second-order valence-corrected chi connectivity index (χ2v) is 9.17. The van der Waals surface area contributed by atoms with Gasteiger partial charge in [0.2, 0.25) is 0 Å². The summed E-state index contributed by atoms with van der Waals surface area (Å²) in [6, 6.07) is 4.90. The Morgan fingerprint density at radius 1 is 1.19 bits per heavy atom. The van der Waals surface area contributed by atoms with Crippen LogP contribution in [0, 0.1) is 11.8 Å². The van der Waals surface area contributed by atoms with E-state index in [9.17, 15) is 0 Å². The van der Waals surface area contributed by atoms with Crippen molar-refractivity contribution >= 4 is 17.3 Å². The van der Waals surface area contributed by atoms with Gasteiger partial charge in [0, 0.05) is 56.7 Å². The van der Waals surface area contributed by atoms with E-state index in [-0.39, 0.29) is 0 Å². The lowest BCUT2D eigenvalue weighted by Gasteiger charge is -2.40. The van der Waals surface area contributed by atoms with Crippen molar-refractivity contribution in [2.75, 3.05) is 52.9 Å². The van der Waals surface area contributed by atoms with Gasteiger partial charge < -0.3 is 15.5 Å². The molecule has 27 heavy (non-hydrogen) atoms. The number of rotatable bonds is 9. The van der Waals surface area contributed by atoms with E-state index >= 15 is 0 Å². The highest BCUT2D eigenvalue weighted by Gasteiger charge is 2.25. The number of hydrogen-bond acceptors (Lipinski definition) is 4. The molecule has 0 aliphatic carbocycles. The van der Waals surface area contributed by atoms with Gasteiger partial charge in [-0.2, -0.15) is 0 Å². The van der Waals surface area contributed by atoms with Gasteiger partial charge in [-0.1, -0.05) is 26.8 Å². The fourth-order valence-electron chi connectivity index (χ4n) is 3.57. The van der Waals surface area contributed by atoms with Crippen LogP contribution < -0.4 is 10.6 Å². The lowest BCUT2D eigenvalue weighted by molar-refractivity contribution is 0.0900. The van der Waals surface area contributed by atoms with Crippen LogP contribution in [0.25, 0.3) is 0 Å². The highest BCUT2D eigenvalue weighted by atomic mass is 32.1. The third-order valence-corrected chi connectivity index (χ3v) is 6.19. The maximum atomic E-state index is 4.85. The molecule has 2 heterocycles. The number of nitrogens with zero attached hydrogens (tertiary/aromatic N) is 3. The maximum absolute atomic E-state index is 4.85. The first-order valence-electron chi connectivity index (χ1n) is 10.5. The quantitative estimate of drug-likeness (QED) is 0.500. The van der Waals surface area contributed by atoms with Crippen LogP contribution in [-0.2, 0) is 6.42 Å². The van der Waals surface area contributed by atoms with E-state index in [0.717, 1.165) is 58.2 Å². The van der Waals surface area contributed by atoms with Gasteiger partial charge >= 0.3 is 0 Å². The molecule has 5 nitrogen and oxygen atoms in total. The summed E-state index contributed by atoms with van der Waals surface area (Å²) in [5.74, 6) is 2.13. The monoisotopic (exact) mass is 393 g/mol. The first-order chi connectivity index (χ1) is 13.0. The van der Waals surface area contributed by atoms with E-state index in [4.69, 9.17) is 4.99 Å². The van der Waals surface area contributed by atoms with Crippen LogP contribution in [0.2, 0.25) is 0 Å². The molecule has 2 unspecified atom stereocenters. The maximum Gasteiger partial charge on any atom is 0.191 e. The average Bonchev–Trinajstić information content (AvgIpc) is 3.14. The summed E-state index contributed by atoms with van der Waals surface area (Å²) in [5, 5.41) is 9.18. The van der Waals surface area contributed by atoms with Gasteiger partial charge in [0.1, 0.15) is 0 Å². The first kappa shape index (κ1) is 22.2. The minimum atomic E-state index is 0.547. The Hall–Kier alpha value is -1.11. The van der Waals surface area contributed by atoms with Gasteiger partial charge in [-0.25, -0.2) is 0 Å². The van der Waals surface area contributed by atoms with Crippen LogP contribution in [0.1, 0.15) is 32.6 Å². The minimum Gasteiger partial charge on any atom is -0.357 e. The molecule has 2 rings (SSSR count). The van der Waals surface area contributed by atoms with Crippen LogP contribution in [0.5, 0.6) is 0 Å². The van der Waals surface area contributed by atoms with E-state index in [2.05, 4.69) is 72.7 Å². The van der Waals surface area contributed by atoms with Crippen molar-refractivity contribution in [3.05, 3.63) is 22.4 Å². The molecule has 0 amide bonds. The fourth-order valence-corrected chi connectivity index (χ4v) is 4.44. The lowest BCUT2D eigenvalue weighted by Crippen LogP contribution is -2.55. The molecular formula is C21H39N5S. The van der Waals surface area contributed by atoms with Crippen molar-refractivity contribution in [1.82, 2.24) is 20.4 Å². The predicted octanol–water partition coefficient (Wildman–Crippen LogP) is 2.75. The fraction of sp³-hybridized carbons (Fsp3) is 0.762. The molecule has 1 aliphatic heterocycles. The predicted molar refractivity (Wildman–Crippen MR) is 119 cm³/mol. The van der Waals surface area contributed by atoms with Gasteiger partial charge in [-0.3, -0.25) is 9.89 Å². The van der Waals surface area contributed by atoms with Crippen LogP contribution in [0.3, 0.4) is 0 Å². The van der Waals surface area contributed by atoms with Crippen molar-refractivity contribution in [3.63, 3.8) is 0 Å². The number of nitrogens with one attached hydrogen (secondary N) is 2. The highest BCUT2D eigenvalue weighted by Crippen LogP contribution is 2.15. The molecule has 154 valence electrons. The second-order valence-electron chi connectivity index (χ2n) is 8.14. The molecular weight excluding hydrogens is 354 g/mol. The van der Waals surface area contributed by atoms with Crippen molar-refractivity contribution in [2.24, 2.45) is 16.8 Å². The molecule has 1 aliphatic rings. The Balaban J connectivity index is 1.86. The van der Waals surface area contributed by atoms with E-state index in [1.807, 2.05) is 11.3 Å². The smallest absolute Gasteiger partial charge is 0.191 e. The number of aliphatic imine (C=N–C) groups is 1. The van der Waals surface area contributed by atoms with Crippen molar-refractivity contribution < 1.29 is 0 Å². The van der Waals surface area contributed by atoms with E-state index in [1.165, 1.54) is 4.88 Å². The molecule has 1 fully saturated rings. The van der Waals surface area contributed by atoms with Gasteiger partial charge in [0.05, 0.1) is 0 Å². The van der Waals surface area contributed by atoms with Crippen molar-refractivity contribution in [1.29, 1.82) is 0 Å². The molecule has 1 aromatic heterocycles. The zero-order valence-corrected chi connectivity index (χ0v) is 18.7. The average molecular weight is 394 g/mol. The zero-order chi connectivity index (χ0) is 19.6. The minimum absolute atomic E-state index is 0.547. The summed E-state index contributed by atoms with van der Waals surface area (Å²) < 4.78 is 0. The Kier molecular flexibility index (Phi) is 9.59. The van der Waals surface area contributed by atoms with Crippen molar-refractivity contribution in [3.8, 4) is 0 Å². The molecule has 0 radical (unpaired) electrons. The van der Waals surface area contributed by atoms with Crippen LogP contribution >= 0.6 is 11.3 Å². The molecule has 2 atom stereocenters. The first-order valence-corrected chi connectivity index (χ1v) is 11.3. The molecule has 2 N–H and O–H groups in total. The number of hydrogen-bond donors (Lipinski definition) is 2. The Labute approximate surface area is 170 Å². The Morgan fingerprint density at radius 2 is 1.93 bits per heavy atom. The Bertz CT molecular complexity index is 535. The van der Waals surface area contributed by atoms with Crippen LogP contribution in [0.15, 0.2) is 22.5 Å². The number of thiophene rings is 1. The van der Waals surface area contributed by atoms with Crippen LogP contribution in [0.4, 0.5) is 0 Å². The zero-order valence-electron chi connectivity index (χ0n) is 17.9. The summed E-state index contributed by atoms with van der Waals surface area (Å²) in [4.78, 5) is 11.4. The van der Waals surface area contributed by atoms with E-state index < -0.39 is 0 Å². The molecule has 0 aromatic carbocycles. The summed E-state index contributed by atoms with van der Waals surface area (Å²) in [6.45, 7) is 16.4. The Morgan fingerprint density at radius 3 is 2.52 bits per heavy atom. The number of piperazine rings is 1. The molecule has 6 heteroatoms. The van der Waals surface area contributed by atoms with E-state index in [1.54, 1.807) is 0 Å². The van der Waals surface area contributed by atoms with Gasteiger partial charge in [0.25, 0.3) is 0 Å². The summed E-state index contributed by atoms with van der Waals surface area (Å²) in [6.07, 6.45) is 1.11. The second kappa shape index (κ2) is 11.7. The normalized spacial score (nSPS) is 19.3. The van der Waals surface area contributed by atoms with E-state index in [0.29, 0.717) is 17.9 Å². The summed E-state index contributed by atoms with van der Waals surface area (Å²) in [7, 11) is 2.22. The molecule has 0 saturated carbocycles. The van der Waals surface area contributed by atoms with Gasteiger partial charge in [-0.05, 0) is 43.7 Å². The molecule has 1 saturated heterocycles. The molecule has 0 spiro atoms. The lowest BCUT2D eigenvalue weighted by atomic mass is 10.0. The SMILES string of the molecule is CCNC(=NCC(C)Cc1cccs1)NCC(C(C)C)N1CCN(C)CC1.